The highest BCUT2D eigenvalue weighted by molar-refractivity contribution is 7.98. The average Bonchev–Trinajstić information content (AvgIpc) is 2.26. The van der Waals surface area contributed by atoms with Gasteiger partial charge in [-0.15, -0.1) is 0 Å². The van der Waals surface area contributed by atoms with Crippen LogP contribution in [-0.2, 0) is 9.53 Å². The predicted molar refractivity (Wildman–Crippen MR) is 55.5 cm³/mol. The second-order valence-electron chi connectivity index (χ2n) is 2.38. The maximum atomic E-state index is 11.3. The lowest BCUT2D eigenvalue weighted by Crippen LogP contribution is -2.12. The van der Waals surface area contributed by atoms with E-state index in [1.165, 1.54) is 25.1 Å². The number of rotatable bonds is 1. The molecular formula is C9H8N2O3S. The van der Waals surface area contributed by atoms with E-state index in [1.807, 2.05) is 0 Å². The summed E-state index contributed by atoms with van der Waals surface area (Å²) in [5.74, 6) is 3.83. The summed E-state index contributed by atoms with van der Waals surface area (Å²) in [7, 11) is 1.22. The van der Waals surface area contributed by atoms with Crippen LogP contribution in [0.1, 0.15) is 5.56 Å². The van der Waals surface area contributed by atoms with Crippen molar-refractivity contribution in [2.75, 3.05) is 13.4 Å². The number of ether oxygens (including phenoxy) is 1. The van der Waals surface area contributed by atoms with Crippen molar-refractivity contribution in [2.45, 2.75) is 5.16 Å². The standard InChI is InChI=1S/C9H8N2O3S/c1-14-7(12)4-3-6-5-10-9(15-2)11-8(6)13/h5H,1-2H3,(H,10,11,13). The molecule has 0 saturated heterocycles. The molecule has 0 bridgehead atoms. The van der Waals surface area contributed by atoms with Gasteiger partial charge in [-0.1, -0.05) is 11.8 Å². The molecule has 0 unspecified atom stereocenters. The van der Waals surface area contributed by atoms with E-state index >= 15 is 0 Å². The van der Waals surface area contributed by atoms with Gasteiger partial charge in [-0.2, -0.15) is 0 Å². The normalized spacial score (nSPS) is 8.93. The fourth-order valence-corrected chi connectivity index (χ4v) is 1.09. The van der Waals surface area contributed by atoms with Crippen molar-refractivity contribution in [3.63, 3.8) is 0 Å². The molecule has 1 aromatic rings. The third kappa shape index (κ3) is 3.14. The SMILES string of the molecule is COC(=O)C#Cc1cnc(SC)[nH]c1=O. The Balaban J connectivity index is 3.01. The Kier molecular flexibility index (Phi) is 3.94. The molecule has 1 heterocycles. The summed E-state index contributed by atoms with van der Waals surface area (Å²) in [5.41, 5.74) is -0.232. The van der Waals surface area contributed by atoms with Gasteiger partial charge in [0.1, 0.15) is 5.56 Å². The quantitative estimate of drug-likeness (QED) is 0.315. The highest BCUT2D eigenvalue weighted by atomic mass is 32.2. The van der Waals surface area contributed by atoms with E-state index in [0.29, 0.717) is 5.16 Å². The van der Waals surface area contributed by atoms with Gasteiger partial charge in [0.15, 0.2) is 5.16 Å². The van der Waals surface area contributed by atoms with Crippen LogP contribution in [0.4, 0.5) is 0 Å². The largest absolute Gasteiger partial charge is 0.459 e. The second kappa shape index (κ2) is 5.22. The predicted octanol–water partition coefficient (Wildman–Crippen LogP) is 0.0163. The van der Waals surface area contributed by atoms with E-state index in [-0.39, 0.29) is 11.1 Å². The van der Waals surface area contributed by atoms with Crippen LogP contribution in [0.2, 0.25) is 0 Å². The Labute approximate surface area is 90.3 Å². The van der Waals surface area contributed by atoms with Gasteiger partial charge >= 0.3 is 5.97 Å². The Hall–Kier alpha value is -1.74. The van der Waals surface area contributed by atoms with E-state index in [9.17, 15) is 9.59 Å². The molecule has 5 nitrogen and oxygen atoms in total. The van der Waals surface area contributed by atoms with Gasteiger partial charge in [0.05, 0.1) is 13.3 Å². The molecule has 1 N–H and O–H groups in total. The van der Waals surface area contributed by atoms with Gasteiger partial charge in [-0.05, 0) is 12.2 Å². The number of aromatic nitrogens is 2. The van der Waals surface area contributed by atoms with Crippen LogP contribution in [0.25, 0.3) is 0 Å². The number of carbonyl (C=O) groups is 1. The molecule has 0 radical (unpaired) electrons. The Morgan fingerprint density at radius 2 is 2.40 bits per heavy atom. The smallest absolute Gasteiger partial charge is 0.384 e. The molecule has 0 aromatic carbocycles. The van der Waals surface area contributed by atoms with Crippen molar-refractivity contribution >= 4 is 17.7 Å². The van der Waals surface area contributed by atoms with Crippen molar-refractivity contribution in [2.24, 2.45) is 0 Å². The summed E-state index contributed by atoms with van der Waals surface area (Å²) >= 11 is 1.31. The highest BCUT2D eigenvalue weighted by Gasteiger charge is 1.99. The second-order valence-corrected chi connectivity index (χ2v) is 3.17. The van der Waals surface area contributed by atoms with E-state index < -0.39 is 5.97 Å². The molecular weight excluding hydrogens is 216 g/mol. The monoisotopic (exact) mass is 224 g/mol. The minimum atomic E-state index is -0.691. The van der Waals surface area contributed by atoms with E-state index in [2.05, 4.69) is 26.5 Å². The summed E-state index contributed by atoms with van der Waals surface area (Å²) in [5, 5.41) is 0.503. The molecule has 0 aliphatic heterocycles. The fourth-order valence-electron chi connectivity index (χ4n) is 0.741. The molecule has 0 spiro atoms. The Morgan fingerprint density at radius 3 is 2.93 bits per heavy atom. The number of methoxy groups -OCH3 is 1. The first-order valence-corrected chi connectivity index (χ1v) is 5.13. The van der Waals surface area contributed by atoms with Crippen molar-refractivity contribution in [3.05, 3.63) is 22.1 Å². The number of hydrogen-bond donors (Lipinski definition) is 1. The molecule has 1 aromatic heterocycles. The summed E-state index contributed by atoms with van der Waals surface area (Å²) in [6.07, 6.45) is 3.11. The summed E-state index contributed by atoms with van der Waals surface area (Å²) in [6.45, 7) is 0. The number of nitrogens with zero attached hydrogens (tertiary/aromatic N) is 1. The van der Waals surface area contributed by atoms with Crippen LogP contribution in [0, 0.1) is 11.8 Å². The van der Waals surface area contributed by atoms with Gasteiger partial charge in [0.2, 0.25) is 0 Å². The van der Waals surface area contributed by atoms with Crippen LogP contribution >= 0.6 is 11.8 Å². The van der Waals surface area contributed by atoms with Gasteiger partial charge < -0.3 is 9.72 Å². The topological polar surface area (TPSA) is 72.0 Å². The molecule has 0 aliphatic rings. The number of thioether (sulfide) groups is 1. The first kappa shape index (κ1) is 11.3. The molecule has 15 heavy (non-hydrogen) atoms. The molecule has 0 amide bonds. The third-order valence-electron chi connectivity index (χ3n) is 1.45. The van der Waals surface area contributed by atoms with E-state index in [4.69, 9.17) is 0 Å². The zero-order valence-corrected chi connectivity index (χ0v) is 8.97. The zero-order chi connectivity index (χ0) is 11.3. The van der Waals surface area contributed by atoms with E-state index in [0.717, 1.165) is 0 Å². The Bertz CT molecular complexity index is 484. The Morgan fingerprint density at radius 1 is 1.67 bits per heavy atom. The van der Waals surface area contributed by atoms with Crippen molar-refractivity contribution in [3.8, 4) is 11.8 Å². The fraction of sp³-hybridized carbons (Fsp3) is 0.222. The molecule has 1 rings (SSSR count). The average molecular weight is 224 g/mol. The highest BCUT2D eigenvalue weighted by Crippen LogP contribution is 2.03. The number of aromatic amines is 1. The minimum Gasteiger partial charge on any atom is -0.459 e. The van der Waals surface area contributed by atoms with Crippen molar-refractivity contribution in [1.82, 2.24) is 9.97 Å². The van der Waals surface area contributed by atoms with E-state index in [1.54, 1.807) is 6.26 Å². The summed E-state index contributed by atoms with van der Waals surface area (Å²) in [6, 6.07) is 0. The molecule has 0 saturated carbocycles. The van der Waals surface area contributed by atoms with Crippen LogP contribution in [0.15, 0.2) is 16.1 Å². The number of carbonyl (C=O) groups excluding carboxylic acids is 1. The molecule has 0 aliphatic carbocycles. The first-order valence-electron chi connectivity index (χ1n) is 3.90. The van der Waals surface area contributed by atoms with Crippen molar-refractivity contribution < 1.29 is 9.53 Å². The molecule has 78 valence electrons. The number of H-pyrrole nitrogens is 1. The number of hydrogen-bond acceptors (Lipinski definition) is 5. The maximum Gasteiger partial charge on any atom is 0.384 e. The lowest BCUT2D eigenvalue weighted by molar-refractivity contribution is -0.133. The lowest BCUT2D eigenvalue weighted by Gasteiger charge is -1.93. The van der Waals surface area contributed by atoms with Crippen LogP contribution in [0.5, 0.6) is 0 Å². The van der Waals surface area contributed by atoms with Crippen LogP contribution in [-0.4, -0.2) is 29.3 Å². The first-order chi connectivity index (χ1) is 7.17. The van der Waals surface area contributed by atoms with Gasteiger partial charge in [0.25, 0.3) is 5.56 Å². The maximum absolute atomic E-state index is 11.3. The van der Waals surface area contributed by atoms with Crippen LogP contribution in [0.3, 0.4) is 0 Å². The molecule has 0 fully saturated rings. The summed E-state index contributed by atoms with van der Waals surface area (Å²) in [4.78, 5) is 28.4. The van der Waals surface area contributed by atoms with Gasteiger partial charge in [-0.3, -0.25) is 4.79 Å². The number of esters is 1. The molecule has 6 heteroatoms. The van der Waals surface area contributed by atoms with Crippen molar-refractivity contribution in [1.29, 1.82) is 0 Å². The molecule has 0 atom stereocenters. The zero-order valence-electron chi connectivity index (χ0n) is 8.16. The lowest BCUT2D eigenvalue weighted by atomic mass is 10.3. The summed E-state index contributed by atoms with van der Waals surface area (Å²) < 4.78 is 4.31. The number of nitrogens with one attached hydrogen (secondary N) is 1. The van der Waals surface area contributed by atoms with Crippen LogP contribution < -0.4 is 5.56 Å². The van der Waals surface area contributed by atoms with Gasteiger partial charge in [-0.25, -0.2) is 9.78 Å². The third-order valence-corrected chi connectivity index (χ3v) is 2.05. The van der Waals surface area contributed by atoms with Gasteiger partial charge in [0, 0.05) is 5.92 Å². The minimum absolute atomic E-state index is 0.137.